The summed E-state index contributed by atoms with van der Waals surface area (Å²) in [7, 11) is -3.85. The molecule has 0 radical (unpaired) electrons. The Morgan fingerprint density at radius 2 is 1.95 bits per heavy atom. The maximum Gasteiger partial charge on any atom is 0.241 e. The Kier molecular flexibility index (Phi) is 4.89. The van der Waals surface area contributed by atoms with E-state index in [1.54, 1.807) is 13.8 Å². The zero-order valence-corrected chi connectivity index (χ0v) is 11.8. The molecule has 0 unspecified atom stereocenters. The van der Waals surface area contributed by atoms with Crippen LogP contribution in [0.4, 0.5) is 10.1 Å². The Labute approximate surface area is 112 Å². The van der Waals surface area contributed by atoms with Gasteiger partial charge in [-0.2, -0.15) is 0 Å². The molecule has 0 fully saturated rings. The molecule has 0 spiro atoms. The predicted molar refractivity (Wildman–Crippen MR) is 71.5 cm³/mol. The van der Waals surface area contributed by atoms with Crippen molar-refractivity contribution < 1.29 is 17.9 Å². The lowest BCUT2D eigenvalue weighted by Gasteiger charge is -2.30. The van der Waals surface area contributed by atoms with Crippen molar-refractivity contribution in [3.63, 3.8) is 0 Å². The fraction of sp³-hybridized carbons (Fsp3) is 0.500. The second-order valence-electron chi connectivity index (χ2n) is 4.43. The number of sulfonamides is 1. The van der Waals surface area contributed by atoms with Gasteiger partial charge in [0.15, 0.2) is 0 Å². The first-order valence-electron chi connectivity index (χ1n) is 6.00. The zero-order valence-electron chi connectivity index (χ0n) is 11.0. The number of hydrogen-bond donors (Lipinski definition) is 3. The molecule has 0 atom stereocenters. The standard InChI is InChI=1S/C12H19FN2O3S/c1-3-12(4-2,8-16)15-19(17,18)9-5-6-10(13)11(14)7-9/h5-7,15-16H,3-4,8,14H2,1-2H3. The van der Waals surface area contributed by atoms with E-state index in [0.29, 0.717) is 12.8 Å². The molecule has 1 aromatic rings. The smallest absolute Gasteiger partial charge is 0.241 e. The molecule has 19 heavy (non-hydrogen) atoms. The highest BCUT2D eigenvalue weighted by Crippen LogP contribution is 2.21. The van der Waals surface area contributed by atoms with E-state index in [2.05, 4.69) is 4.72 Å². The van der Waals surface area contributed by atoms with Crippen molar-refractivity contribution in [2.24, 2.45) is 0 Å². The Morgan fingerprint density at radius 1 is 1.37 bits per heavy atom. The molecule has 7 heteroatoms. The lowest BCUT2D eigenvalue weighted by Crippen LogP contribution is -2.50. The molecule has 0 aliphatic heterocycles. The summed E-state index contributed by atoms with van der Waals surface area (Å²) in [6.45, 7) is 3.25. The quantitative estimate of drug-likeness (QED) is 0.687. The number of halogens is 1. The number of nitrogens with two attached hydrogens (primary N) is 1. The lowest BCUT2D eigenvalue weighted by molar-refractivity contribution is 0.172. The summed E-state index contributed by atoms with van der Waals surface area (Å²) in [6.07, 6.45) is 0.881. The normalized spacial score (nSPS) is 12.6. The Hall–Kier alpha value is -1.18. The van der Waals surface area contributed by atoms with Crippen molar-refractivity contribution in [1.82, 2.24) is 4.72 Å². The van der Waals surface area contributed by atoms with Gasteiger partial charge in [0.05, 0.1) is 22.7 Å². The Bertz CT molecular complexity index is 534. The average Bonchev–Trinajstić information content (AvgIpc) is 2.39. The molecule has 1 rings (SSSR count). The fourth-order valence-electron chi connectivity index (χ4n) is 1.68. The first-order valence-corrected chi connectivity index (χ1v) is 7.48. The molecule has 0 saturated heterocycles. The zero-order chi connectivity index (χ0) is 14.7. The minimum atomic E-state index is -3.85. The molecular formula is C12H19FN2O3S. The maximum atomic E-state index is 13.0. The number of nitrogen functional groups attached to an aromatic ring is 1. The van der Waals surface area contributed by atoms with Crippen LogP contribution < -0.4 is 10.5 Å². The van der Waals surface area contributed by atoms with Crippen molar-refractivity contribution in [2.75, 3.05) is 12.3 Å². The summed E-state index contributed by atoms with van der Waals surface area (Å²) in [6, 6.07) is 3.20. The number of aliphatic hydroxyl groups excluding tert-OH is 1. The van der Waals surface area contributed by atoms with Crippen LogP contribution in [0.5, 0.6) is 0 Å². The second-order valence-corrected chi connectivity index (χ2v) is 6.12. The van der Waals surface area contributed by atoms with E-state index in [9.17, 15) is 17.9 Å². The van der Waals surface area contributed by atoms with Crippen LogP contribution in [0.2, 0.25) is 0 Å². The lowest BCUT2D eigenvalue weighted by atomic mass is 9.96. The van der Waals surface area contributed by atoms with E-state index >= 15 is 0 Å². The largest absolute Gasteiger partial charge is 0.396 e. The molecule has 0 aromatic heterocycles. The van der Waals surface area contributed by atoms with Gasteiger partial charge >= 0.3 is 0 Å². The number of hydrogen-bond acceptors (Lipinski definition) is 4. The van der Waals surface area contributed by atoms with Gasteiger partial charge in [0.25, 0.3) is 0 Å². The maximum absolute atomic E-state index is 13.0. The van der Waals surface area contributed by atoms with Gasteiger partial charge in [0.1, 0.15) is 5.82 Å². The van der Waals surface area contributed by atoms with Crippen LogP contribution in [0.15, 0.2) is 23.1 Å². The van der Waals surface area contributed by atoms with E-state index in [4.69, 9.17) is 5.73 Å². The van der Waals surface area contributed by atoms with E-state index in [1.807, 2.05) is 0 Å². The highest BCUT2D eigenvalue weighted by atomic mass is 32.2. The fourth-order valence-corrected chi connectivity index (χ4v) is 3.25. The minimum Gasteiger partial charge on any atom is -0.396 e. The predicted octanol–water partition coefficient (Wildman–Crippen LogP) is 1.24. The molecule has 1 aromatic carbocycles. The Morgan fingerprint density at radius 3 is 2.37 bits per heavy atom. The third kappa shape index (κ3) is 3.43. The third-order valence-electron chi connectivity index (χ3n) is 3.28. The number of rotatable bonds is 6. The summed E-state index contributed by atoms with van der Waals surface area (Å²) >= 11 is 0. The number of nitrogens with one attached hydrogen (secondary N) is 1. The molecule has 0 heterocycles. The molecule has 0 saturated carbocycles. The SMILES string of the molecule is CCC(CC)(CO)NS(=O)(=O)c1ccc(F)c(N)c1. The number of aliphatic hydroxyl groups is 1. The van der Waals surface area contributed by atoms with Crippen molar-refractivity contribution in [3.05, 3.63) is 24.0 Å². The van der Waals surface area contributed by atoms with Crippen LogP contribution in [0.3, 0.4) is 0 Å². The molecule has 0 aliphatic rings. The monoisotopic (exact) mass is 290 g/mol. The average molecular weight is 290 g/mol. The van der Waals surface area contributed by atoms with E-state index in [-0.39, 0.29) is 17.2 Å². The second kappa shape index (κ2) is 5.85. The van der Waals surface area contributed by atoms with Crippen molar-refractivity contribution >= 4 is 15.7 Å². The number of benzene rings is 1. The highest BCUT2D eigenvalue weighted by Gasteiger charge is 2.31. The van der Waals surface area contributed by atoms with Crippen molar-refractivity contribution in [1.29, 1.82) is 0 Å². The van der Waals surface area contributed by atoms with Crippen molar-refractivity contribution in [3.8, 4) is 0 Å². The summed E-state index contributed by atoms with van der Waals surface area (Å²) in [5, 5.41) is 9.37. The summed E-state index contributed by atoms with van der Waals surface area (Å²) < 4.78 is 39.9. The highest BCUT2D eigenvalue weighted by molar-refractivity contribution is 7.89. The molecule has 0 aliphatic carbocycles. The summed E-state index contributed by atoms with van der Waals surface area (Å²) in [4.78, 5) is -0.119. The van der Waals surface area contributed by atoms with E-state index in [0.717, 1.165) is 18.2 Å². The number of anilines is 1. The van der Waals surface area contributed by atoms with Gasteiger partial charge in [-0.05, 0) is 31.0 Å². The van der Waals surface area contributed by atoms with Gasteiger partial charge in [0, 0.05) is 0 Å². The van der Waals surface area contributed by atoms with Crippen LogP contribution in [0.25, 0.3) is 0 Å². The van der Waals surface area contributed by atoms with Gasteiger partial charge < -0.3 is 10.8 Å². The first-order chi connectivity index (χ1) is 8.80. The summed E-state index contributed by atoms with van der Waals surface area (Å²) in [5.74, 6) is -0.668. The van der Waals surface area contributed by atoms with Gasteiger partial charge in [-0.15, -0.1) is 0 Å². The van der Waals surface area contributed by atoms with E-state index < -0.39 is 21.4 Å². The molecule has 4 N–H and O–H groups in total. The van der Waals surface area contributed by atoms with Gasteiger partial charge in [-0.3, -0.25) is 0 Å². The molecule has 5 nitrogen and oxygen atoms in total. The molecule has 0 bridgehead atoms. The van der Waals surface area contributed by atoms with Crippen LogP contribution >= 0.6 is 0 Å². The summed E-state index contributed by atoms with van der Waals surface area (Å²) in [5.41, 5.74) is 4.22. The van der Waals surface area contributed by atoms with Crippen LogP contribution in [0.1, 0.15) is 26.7 Å². The Balaban J connectivity index is 3.14. The van der Waals surface area contributed by atoms with Crippen LogP contribution in [-0.4, -0.2) is 25.7 Å². The van der Waals surface area contributed by atoms with Crippen molar-refractivity contribution in [2.45, 2.75) is 37.1 Å². The first kappa shape index (κ1) is 15.9. The van der Waals surface area contributed by atoms with Gasteiger partial charge in [-0.25, -0.2) is 17.5 Å². The van der Waals surface area contributed by atoms with E-state index in [1.165, 1.54) is 0 Å². The van der Waals surface area contributed by atoms with Crippen LogP contribution in [0, 0.1) is 5.82 Å². The van der Waals surface area contributed by atoms with Gasteiger partial charge in [0.2, 0.25) is 10.0 Å². The minimum absolute atomic E-state index is 0.119. The molecule has 0 amide bonds. The molecular weight excluding hydrogens is 271 g/mol. The molecule has 108 valence electrons. The third-order valence-corrected chi connectivity index (χ3v) is 4.86. The van der Waals surface area contributed by atoms with Gasteiger partial charge in [-0.1, -0.05) is 13.8 Å². The topological polar surface area (TPSA) is 92.4 Å². The van der Waals surface area contributed by atoms with Crippen LogP contribution in [-0.2, 0) is 10.0 Å².